The van der Waals surface area contributed by atoms with Crippen LogP contribution in [0.4, 0.5) is 5.82 Å². The van der Waals surface area contributed by atoms with Crippen LogP contribution < -0.4 is 9.64 Å². The second-order valence-corrected chi connectivity index (χ2v) is 18.1. The first-order valence-corrected chi connectivity index (χ1v) is 20.5. The van der Waals surface area contributed by atoms with Gasteiger partial charge in [-0.3, -0.25) is 28.8 Å². The fourth-order valence-electron chi connectivity index (χ4n) is 9.52. The van der Waals surface area contributed by atoms with Crippen molar-refractivity contribution in [3.63, 3.8) is 0 Å². The highest BCUT2D eigenvalue weighted by Gasteiger charge is 2.68. The van der Waals surface area contributed by atoms with E-state index in [1.54, 1.807) is 41.3 Å². The Bertz CT molecular complexity index is 2490. The van der Waals surface area contributed by atoms with Gasteiger partial charge in [-0.05, 0) is 107 Å². The summed E-state index contributed by atoms with van der Waals surface area (Å²) in [4.78, 5) is 62.7. The summed E-state index contributed by atoms with van der Waals surface area (Å²) in [5, 5.41) is 19.2. The number of aryl methyl sites for hydroxylation is 2. The van der Waals surface area contributed by atoms with Crippen molar-refractivity contribution < 1.29 is 29.0 Å². The van der Waals surface area contributed by atoms with Crippen LogP contribution in [0.1, 0.15) is 41.7 Å². The Hall–Kier alpha value is -4.30. The Morgan fingerprint density at radius 2 is 1.87 bits per heavy atom. The van der Waals surface area contributed by atoms with E-state index in [1.807, 2.05) is 55.6 Å². The number of ether oxygens (including phenoxy) is 1. The van der Waals surface area contributed by atoms with Gasteiger partial charge in [0.1, 0.15) is 11.5 Å². The van der Waals surface area contributed by atoms with E-state index in [-0.39, 0.29) is 48.1 Å². The number of aromatic hydroxyl groups is 1. The Labute approximate surface area is 332 Å². The Kier molecular flexibility index (Phi) is 8.27. The van der Waals surface area contributed by atoms with Crippen molar-refractivity contribution >= 4 is 89.7 Å². The standard InChI is InChI=1S/C40H34BrClN4O6S2/c1-18-24-14-20(42)7-10-30(24)54-35(18)28-16-31(44(3)43-28)46-37(49)26-15-25-22(8-9-23-32(25)38(50)45(36(23)48)17-21-6-5-11-53-21)33(40(26,2)39(46)51)19-12-27(41)34(47)29(13-19)52-4/h5-8,10-14,16,23,25-26,32-33,47H,9,15,17H2,1-4H3. The second kappa shape index (κ2) is 12.6. The lowest BCUT2D eigenvalue weighted by molar-refractivity contribution is -0.141. The number of amides is 4. The summed E-state index contributed by atoms with van der Waals surface area (Å²) in [6.45, 7) is 4.05. The molecule has 276 valence electrons. The summed E-state index contributed by atoms with van der Waals surface area (Å²) >= 11 is 12.9. The van der Waals surface area contributed by atoms with Crippen molar-refractivity contribution in [1.29, 1.82) is 0 Å². The van der Waals surface area contributed by atoms with E-state index in [2.05, 4.69) is 15.9 Å². The highest BCUT2D eigenvalue weighted by Crippen LogP contribution is 2.64. The van der Waals surface area contributed by atoms with Crippen LogP contribution in [0, 0.1) is 36.0 Å². The van der Waals surface area contributed by atoms with Gasteiger partial charge in [0.2, 0.25) is 23.6 Å². The number of methoxy groups -OCH3 is 1. The van der Waals surface area contributed by atoms with Gasteiger partial charge in [-0.1, -0.05) is 29.3 Å². The molecule has 1 saturated carbocycles. The Morgan fingerprint density at radius 1 is 1.07 bits per heavy atom. The molecule has 6 unspecified atom stereocenters. The lowest BCUT2D eigenvalue weighted by atomic mass is 9.51. The van der Waals surface area contributed by atoms with Gasteiger partial charge >= 0.3 is 0 Å². The fraction of sp³-hybridized carbons (Fsp3) is 0.325. The van der Waals surface area contributed by atoms with Crippen LogP contribution >= 0.6 is 50.2 Å². The van der Waals surface area contributed by atoms with E-state index in [4.69, 9.17) is 21.4 Å². The molecular formula is C40H34BrClN4O6S2. The average molecular weight is 846 g/mol. The first-order chi connectivity index (χ1) is 25.8. The second-order valence-electron chi connectivity index (χ2n) is 14.8. The molecule has 3 fully saturated rings. The number of rotatable bonds is 6. The Balaban J connectivity index is 1.16. The molecule has 2 saturated heterocycles. The maximum absolute atomic E-state index is 15.2. The van der Waals surface area contributed by atoms with Crippen LogP contribution in [0.5, 0.6) is 11.5 Å². The zero-order valence-corrected chi connectivity index (χ0v) is 33.6. The number of allylic oxidation sites excluding steroid dienone is 2. The number of hydrogen-bond acceptors (Lipinski definition) is 9. The number of carbonyl (C=O) groups excluding carboxylic acids is 4. The van der Waals surface area contributed by atoms with Gasteiger partial charge in [-0.2, -0.15) is 5.10 Å². The number of nitrogens with zero attached hydrogens (tertiary/aromatic N) is 4. The van der Waals surface area contributed by atoms with E-state index in [1.165, 1.54) is 28.2 Å². The van der Waals surface area contributed by atoms with Gasteiger partial charge in [-0.25, -0.2) is 4.90 Å². The molecule has 10 nitrogen and oxygen atoms in total. The minimum Gasteiger partial charge on any atom is -0.503 e. The molecule has 3 aromatic heterocycles. The van der Waals surface area contributed by atoms with E-state index < -0.39 is 35.0 Å². The zero-order valence-electron chi connectivity index (χ0n) is 29.6. The van der Waals surface area contributed by atoms with Crippen LogP contribution in [0.15, 0.2) is 70.0 Å². The number of imide groups is 2. The number of benzene rings is 2. The van der Waals surface area contributed by atoms with E-state index in [0.717, 1.165) is 31.0 Å². The summed E-state index contributed by atoms with van der Waals surface area (Å²) in [6.07, 6.45) is 2.58. The molecule has 4 aliphatic rings. The molecular weight excluding hydrogens is 812 g/mol. The number of halogens is 2. The number of hydrogen-bond donors (Lipinski definition) is 1. The first-order valence-electron chi connectivity index (χ1n) is 17.6. The van der Waals surface area contributed by atoms with Crippen molar-refractivity contribution in [3.05, 3.63) is 91.1 Å². The number of phenols is 1. The predicted octanol–water partition coefficient (Wildman–Crippen LogP) is 8.23. The first kappa shape index (κ1) is 35.4. The molecule has 54 heavy (non-hydrogen) atoms. The maximum Gasteiger partial charge on any atom is 0.242 e. The monoisotopic (exact) mass is 844 g/mol. The van der Waals surface area contributed by atoms with Gasteiger partial charge in [0, 0.05) is 33.6 Å². The molecule has 1 N–H and O–H groups in total. The lowest BCUT2D eigenvalue weighted by Gasteiger charge is -2.49. The highest BCUT2D eigenvalue weighted by atomic mass is 79.9. The molecule has 2 aliphatic carbocycles. The largest absolute Gasteiger partial charge is 0.503 e. The summed E-state index contributed by atoms with van der Waals surface area (Å²) in [5.74, 6) is -3.94. The Morgan fingerprint density at radius 3 is 2.61 bits per heavy atom. The van der Waals surface area contributed by atoms with Crippen molar-refractivity contribution in [2.45, 2.75) is 39.2 Å². The van der Waals surface area contributed by atoms with Crippen LogP contribution in [-0.2, 0) is 32.8 Å². The summed E-state index contributed by atoms with van der Waals surface area (Å²) in [5.41, 5.74) is 1.85. The molecule has 14 heteroatoms. The number of anilines is 1. The van der Waals surface area contributed by atoms with Gasteiger partial charge in [0.25, 0.3) is 0 Å². The van der Waals surface area contributed by atoms with Gasteiger partial charge in [0.05, 0.1) is 46.2 Å². The van der Waals surface area contributed by atoms with Crippen LogP contribution in [0.25, 0.3) is 20.7 Å². The molecule has 9 rings (SSSR count). The van der Waals surface area contributed by atoms with E-state index >= 15 is 4.79 Å². The number of phenolic OH excluding ortho intramolecular Hbond substituents is 1. The fourth-order valence-corrected chi connectivity index (χ4v) is 12.0. The molecule has 0 radical (unpaired) electrons. The molecule has 0 bridgehead atoms. The topological polar surface area (TPSA) is 122 Å². The SMILES string of the molecule is COc1cc(C2C3=CCC4C(=O)N(Cc5cccs5)C(=O)C4C3CC3C(=O)N(c4cc(-c5sc6ccc(Cl)cc6c5C)nn4C)C(=O)C32C)cc(Br)c1O. The van der Waals surface area contributed by atoms with Crippen LogP contribution in [0.3, 0.4) is 0 Å². The molecule has 2 aliphatic heterocycles. The quantitative estimate of drug-likeness (QED) is 0.135. The number of aromatic nitrogens is 2. The highest BCUT2D eigenvalue weighted by molar-refractivity contribution is 9.10. The number of likely N-dealkylation sites (tertiary alicyclic amines) is 1. The van der Waals surface area contributed by atoms with Gasteiger partial charge in [-0.15, -0.1) is 22.7 Å². The number of carbonyl (C=O) groups is 4. The third-order valence-corrected chi connectivity index (χ3v) is 15.1. The minimum atomic E-state index is -1.29. The summed E-state index contributed by atoms with van der Waals surface area (Å²) in [6, 6.07) is 14.8. The minimum absolute atomic E-state index is 0.0922. The third kappa shape index (κ3) is 4.97. The van der Waals surface area contributed by atoms with Crippen molar-refractivity contribution in [2.24, 2.45) is 36.1 Å². The molecule has 2 aromatic carbocycles. The average Bonchev–Trinajstić information content (AvgIpc) is 3.95. The predicted molar refractivity (Wildman–Crippen MR) is 211 cm³/mol. The number of thiophene rings is 2. The van der Waals surface area contributed by atoms with Gasteiger partial charge in [0.15, 0.2) is 11.5 Å². The third-order valence-electron chi connectivity index (χ3n) is 12.1. The van der Waals surface area contributed by atoms with Crippen molar-refractivity contribution in [2.75, 3.05) is 12.0 Å². The molecule has 5 aromatic rings. The molecule has 5 heterocycles. The van der Waals surface area contributed by atoms with Crippen LogP contribution in [-0.4, -0.2) is 50.5 Å². The lowest BCUT2D eigenvalue weighted by Crippen LogP contribution is -2.48. The zero-order chi connectivity index (χ0) is 38.0. The van der Waals surface area contributed by atoms with Crippen molar-refractivity contribution in [3.8, 4) is 22.1 Å². The summed E-state index contributed by atoms with van der Waals surface area (Å²) in [7, 11) is 3.17. The molecule has 4 amide bonds. The number of fused-ring (bicyclic) bond motifs is 5. The molecule has 0 spiro atoms. The van der Waals surface area contributed by atoms with E-state index in [9.17, 15) is 19.5 Å². The smallest absolute Gasteiger partial charge is 0.242 e. The van der Waals surface area contributed by atoms with E-state index in [0.29, 0.717) is 33.0 Å². The van der Waals surface area contributed by atoms with Crippen molar-refractivity contribution in [1.82, 2.24) is 14.7 Å². The maximum atomic E-state index is 15.2. The molecule has 6 atom stereocenters. The van der Waals surface area contributed by atoms with Gasteiger partial charge < -0.3 is 9.84 Å². The summed E-state index contributed by atoms with van der Waals surface area (Å²) < 4.78 is 8.54. The normalized spacial score (nSPS) is 26.4. The van der Waals surface area contributed by atoms with Crippen LogP contribution in [0.2, 0.25) is 5.02 Å².